The van der Waals surface area contributed by atoms with E-state index in [0.717, 1.165) is 0 Å². The molecule has 1 heterocycles. The third-order valence-corrected chi connectivity index (χ3v) is 4.95. The van der Waals surface area contributed by atoms with E-state index >= 15 is 0 Å². The molecule has 1 unspecified atom stereocenters. The summed E-state index contributed by atoms with van der Waals surface area (Å²) in [5.41, 5.74) is 0.446. The van der Waals surface area contributed by atoms with Gasteiger partial charge in [0, 0.05) is 10.8 Å². The summed E-state index contributed by atoms with van der Waals surface area (Å²) in [6.45, 7) is 13.6. The first kappa shape index (κ1) is 14.1. The van der Waals surface area contributed by atoms with Crippen molar-refractivity contribution in [3.8, 4) is 0 Å². The lowest BCUT2D eigenvalue weighted by atomic mass is 9.92. The highest BCUT2D eigenvalue weighted by Gasteiger charge is 2.34. The van der Waals surface area contributed by atoms with Gasteiger partial charge in [-0.3, -0.25) is 0 Å². The molecule has 0 aromatic heterocycles. The molecule has 2 heteroatoms. The van der Waals surface area contributed by atoms with Crippen LogP contribution in [-0.4, -0.2) is 9.69 Å². The van der Waals surface area contributed by atoms with Crippen LogP contribution in [0.15, 0.2) is 23.1 Å². The standard InChI is InChI=1S/C14H22BrS/c1-13(2,3)11-8-7-10(15)9-12(16-11)14(4,5)6/h7-10H,1-6H3/q+1. The Balaban J connectivity index is 3.19. The molecule has 1 aliphatic rings. The van der Waals surface area contributed by atoms with Crippen molar-refractivity contribution in [2.24, 2.45) is 10.8 Å². The summed E-state index contributed by atoms with van der Waals surface area (Å²) in [5.74, 6) is 0. The number of hydrogen-bond donors (Lipinski definition) is 0. The van der Waals surface area contributed by atoms with Gasteiger partial charge < -0.3 is 0 Å². The lowest BCUT2D eigenvalue weighted by molar-refractivity contribution is 0.532. The molecule has 1 atom stereocenters. The zero-order chi connectivity index (χ0) is 12.6. The van der Waals surface area contributed by atoms with Gasteiger partial charge >= 0.3 is 0 Å². The summed E-state index contributed by atoms with van der Waals surface area (Å²) in [4.78, 5) is 3.24. The van der Waals surface area contributed by atoms with Crippen LogP contribution < -0.4 is 0 Å². The van der Waals surface area contributed by atoms with Crippen molar-refractivity contribution in [3.05, 3.63) is 23.1 Å². The van der Waals surface area contributed by atoms with Crippen LogP contribution in [0.5, 0.6) is 0 Å². The number of hydrogen-bond acceptors (Lipinski definition) is 0. The van der Waals surface area contributed by atoms with Crippen LogP contribution in [0.2, 0.25) is 0 Å². The van der Waals surface area contributed by atoms with Crippen molar-refractivity contribution in [1.29, 1.82) is 0 Å². The minimum atomic E-state index is 0.221. The summed E-state index contributed by atoms with van der Waals surface area (Å²) in [7, 11) is 0. The second-order valence-electron chi connectivity index (χ2n) is 6.30. The molecular formula is C14H22BrS+. The maximum Gasteiger partial charge on any atom is 0.219 e. The maximum absolute atomic E-state index is 3.68. The lowest BCUT2D eigenvalue weighted by Gasteiger charge is -2.14. The summed E-state index contributed by atoms with van der Waals surface area (Å²) < 4.78 is 0. The van der Waals surface area contributed by atoms with Gasteiger partial charge in [0.25, 0.3) is 0 Å². The molecule has 0 saturated carbocycles. The molecule has 0 amide bonds. The fraction of sp³-hybridized carbons (Fsp3) is 0.643. The van der Waals surface area contributed by atoms with Gasteiger partial charge in [-0.15, -0.1) is 0 Å². The van der Waals surface area contributed by atoms with Crippen LogP contribution in [0.4, 0.5) is 0 Å². The second-order valence-corrected chi connectivity index (χ2v) is 8.44. The first-order valence-electron chi connectivity index (χ1n) is 5.70. The van der Waals surface area contributed by atoms with Crippen molar-refractivity contribution in [2.45, 2.75) is 46.4 Å². The highest BCUT2D eigenvalue weighted by atomic mass is 79.9. The number of alkyl halides is 1. The molecule has 0 bridgehead atoms. The van der Waals surface area contributed by atoms with Crippen LogP contribution in [0.25, 0.3) is 0 Å². The average molecular weight is 302 g/mol. The van der Waals surface area contributed by atoms with Gasteiger partial charge in [-0.05, 0) is 12.2 Å². The molecule has 90 valence electrons. The van der Waals surface area contributed by atoms with E-state index in [4.69, 9.17) is 0 Å². The molecule has 0 saturated heterocycles. The van der Waals surface area contributed by atoms with E-state index in [0.29, 0.717) is 4.83 Å². The molecule has 0 radical (unpaired) electrons. The smallest absolute Gasteiger partial charge is 0.0797 e. The molecule has 0 aromatic rings. The highest BCUT2D eigenvalue weighted by Crippen LogP contribution is 2.30. The van der Waals surface area contributed by atoms with Crippen LogP contribution in [0.1, 0.15) is 41.5 Å². The first-order valence-corrected chi connectivity index (χ1v) is 7.44. The third-order valence-electron chi connectivity index (χ3n) is 2.44. The van der Waals surface area contributed by atoms with E-state index in [1.807, 2.05) is 11.4 Å². The quantitative estimate of drug-likeness (QED) is 0.350. The molecule has 0 aliphatic carbocycles. The molecule has 0 nitrogen and oxygen atoms in total. The summed E-state index contributed by atoms with van der Waals surface area (Å²) in [6.07, 6.45) is 6.81. The van der Waals surface area contributed by atoms with Gasteiger partial charge in [-0.2, -0.15) is 0 Å². The summed E-state index contributed by atoms with van der Waals surface area (Å²) >= 11 is 5.61. The molecule has 0 fully saturated rings. The number of allylic oxidation sites excluding steroid dienone is 4. The maximum atomic E-state index is 3.68. The van der Waals surface area contributed by atoms with Crippen molar-refractivity contribution in [3.63, 3.8) is 0 Å². The largest absolute Gasteiger partial charge is 0.219 e. The SMILES string of the molecule is CC(C)(C)C1=CC(Br)C=CC(C(C)(C)C)=[S+]1. The molecule has 0 N–H and O–H groups in total. The molecule has 1 aliphatic heterocycles. The van der Waals surface area contributed by atoms with E-state index < -0.39 is 0 Å². The van der Waals surface area contributed by atoms with Crippen molar-refractivity contribution >= 4 is 32.1 Å². The van der Waals surface area contributed by atoms with Gasteiger partial charge in [0.2, 0.25) is 21.1 Å². The average Bonchev–Trinajstić information content (AvgIpc) is 2.24. The van der Waals surface area contributed by atoms with Crippen LogP contribution in [-0.2, 0) is 11.4 Å². The number of halogens is 1. The van der Waals surface area contributed by atoms with E-state index in [-0.39, 0.29) is 10.8 Å². The Hall–Kier alpha value is 0.0500. The monoisotopic (exact) mass is 301 g/mol. The minimum absolute atomic E-state index is 0.221. The Labute approximate surface area is 112 Å². The second kappa shape index (κ2) is 4.73. The molecule has 0 aromatic carbocycles. The Morgan fingerprint density at radius 2 is 1.62 bits per heavy atom. The van der Waals surface area contributed by atoms with E-state index in [1.165, 1.54) is 9.77 Å². The zero-order valence-corrected chi connectivity index (χ0v) is 13.5. The third kappa shape index (κ3) is 3.81. The van der Waals surface area contributed by atoms with Gasteiger partial charge in [0.1, 0.15) is 0 Å². The first-order chi connectivity index (χ1) is 7.10. The van der Waals surface area contributed by atoms with Gasteiger partial charge in [0.05, 0.1) is 4.83 Å². The van der Waals surface area contributed by atoms with Crippen LogP contribution in [0.3, 0.4) is 0 Å². The molecular weight excluding hydrogens is 280 g/mol. The Bertz CT molecular complexity index is 348. The highest BCUT2D eigenvalue weighted by molar-refractivity contribution is 9.09. The Morgan fingerprint density at radius 1 is 1.06 bits per heavy atom. The van der Waals surface area contributed by atoms with Crippen molar-refractivity contribution < 1.29 is 0 Å². The van der Waals surface area contributed by atoms with Gasteiger partial charge in [-0.25, -0.2) is 0 Å². The van der Waals surface area contributed by atoms with Gasteiger partial charge in [-0.1, -0.05) is 63.5 Å². The molecule has 0 spiro atoms. The van der Waals surface area contributed by atoms with E-state index in [2.05, 4.69) is 75.7 Å². The van der Waals surface area contributed by atoms with E-state index in [1.54, 1.807) is 0 Å². The van der Waals surface area contributed by atoms with E-state index in [9.17, 15) is 0 Å². The van der Waals surface area contributed by atoms with Crippen LogP contribution in [0, 0.1) is 10.8 Å². The fourth-order valence-electron chi connectivity index (χ4n) is 1.37. The van der Waals surface area contributed by atoms with Crippen molar-refractivity contribution in [1.82, 2.24) is 0 Å². The summed E-state index contributed by atoms with van der Waals surface area (Å²) in [6, 6.07) is 0. The van der Waals surface area contributed by atoms with Gasteiger partial charge in [0.15, 0.2) is 0 Å². The topological polar surface area (TPSA) is 0 Å². The van der Waals surface area contributed by atoms with Crippen molar-refractivity contribution in [2.75, 3.05) is 0 Å². The Morgan fingerprint density at radius 3 is 2.06 bits per heavy atom. The predicted molar refractivity (Wildman–Crippen MR) is 81.2 cm³/mol. The molecule has 1 rings (SSSR count). The fourth-order valence-corrected chi connectivity index (χ4v) is 3.17. The lowest BCUT2D eigenvalue weighted by Crippen LogP contribution is -2.21. The normalized spacial score (nSPS) is 22.6. The minimum Gasteiger partial charge on any atom is -0.0797 e. The van der Waals surface area contributed by atoms with Crippen LogP contribution >= 0.6 is 15.9 Å². The number of rotatable bonds is 0. The zero-order valence-electron chi connectivity index (χ0n) is 11.1. The predicted octanol–water partition coefficient (Wildman–Crippen LogP) is 4.55. The Kier molecular flexibility index (Phi) is 4.18. The molecule has 16 heavy (non-hydrogen) atoms. The summed E-state index contributed by atoms with van der Waals surface area (Å²) in [5, 5.41) is 0.